The van der Waals surface area contributed by atoms with Gasteiger partial charge in [0.1, 0.15) is 11.5 Å². The summed E-state index contributed by atoms with van der Waals surface area (Å²) >= 11 is 0. The van der Waals surface area contributed by atoms with Crippen LogP contribution in [0, 0.1) is 6.92 Å². The van der Waals surface area contributed by atoms with E-state index in [2.05, 4.69) is 11.9 Å². The summed E-state index contributed by atoms with van der Waals surface area (Å²) in [6.07, 6.45) is 2.67. The summed E-state index contributed by atoms with van der Waals surface area (Å²) in [4.78, 5) is 26.9. The molecule has 94 valence electrons. The fourth-order valence-corrected chi connectivity index (χ4v) is 1.65. The van der Waals surface area contributed by atoms with E-state index in [0.717, 1.165) is 12.8 Å². The van der Waals surface area contributed by atoms with Crippen molar-refractivity contribution in [1.82, 2.24) is 9.55 Å². The van der Waals surface area contributed by atoms with Crippen LogP contribution in [0.5, 0.6) is 5.88 Å². The van der Waals surface area contributed by atoms with Crippen molar-refractivity contribution in [1.29, 1.82) is 0 Å². The molecule has 0 aliphatic heterocycles. The number of carbonyl (C=O) groups excluding carboxylic acids is 2. The molecule has 5 heteroatoms. The Morgan fingerprint density at radius 2 is 2.00 bits per heavy atom. The maximum Gasteiger partial charge on any atom is 0.309 e. The number of hydrogen-bond donors (Lipinski definition) is 0. The molecule has 0 fully saturated rings. The van der Waals surface area contributed by atoms with Gasteiger partial charge >= 0.3 is 5.97 Å². The largest absolute Gasteiger partial charge is 0.407 e. The first-order chi connectivity index (χ1) is 7.97. The smallest absolute Gasteiger partial charge is 0.309 e. The van der Waals surface area contributed by atoms with Gasteiger partial charge in [-0.2, -0.15) is 0 Å². The van der Waals surface area contributed by atoms with Crippen LogP contribution in [0.15, 0.2) is 0 Å². The zero-order valence-electron chi connectivity index (χ0n) is 10.7. The quantitative estimate of drug-likeness (QED) is 0.754. The molecule has 0 aromatic carbocycles. The van der Waals surface area contributed by atoms with Gasteiger partial charge in [-0.1, -0.05) is 13.3 Å². The number of ether oxygens (including phenoxy) is 1. The lowest BCUT2D eigenvalue weighted by molar-refractivity contribution is -0.132. The Kier molecular flexibility index (Phi) is 4.43. The number of unbranched alkanes of at least 4 members (excludes halogenated alkanes) is 1. The van der Waals surface area contributed by atoms with Crippen LogP contribution in [-0.2, 0) is 11.2 Å². The topological polar surface area (TPSA) is 61.2 Å². The molecule has 0 aliphatic rings. The van der Waals surface area contributed by atoms with Crippen LogP contribution in [0.1, 0.15) is 49.9 Å². The second kappa shape index (κ2) is 5.61. The molecule has 1 aromatic rings. The Bertz CT molecular complexity index is 435. The van der Waals surface area contributed by atoms with Gasteiger partial charge in [0.2, 0.25) is 11.8 Å². The van der Waals surface area contributed by atoms with E-state index in [9.17, 15) is 9.59 Å². The minimum Gasteiger partial charge on any atom is -0.407 e. The summed E-state index contributed by atoms with van der Waals surface area (Å²) in [6.45, 7) is 6.54. The Labute approximate surface area is 101 Å². The summed E-state index contributed by atoms with van der Waals surface area (Å²) in [7, 11) is 0. The molecule has 0 atom stereocenters. The van der Waals surface area contributed by atoms with Crippen LogP contribution in [0.25, 0.3) is 0 Å². The third kappa shape index (κ3) is 3.15. The lowest BCUT2D eigenvalue weighted by Gasteiger charge is -2.07. The average Bonchev–Trinajstić information content (AvgIpc) is 2.52. The highest BCUT2D eigenvalue weighted by atomic mass is 16.5. The fraction of sp³-hybridized carbons (Fsp3) is 0.583. The van der Waals surface area contributed by atoms with Crippen LogP contribution in [0.3, 0.4) is 0 Å². The molecule has 0 N–H and O–H groups in total. The molecule has 1 rings (SSSR count). The van der Waals surface area contributed by atoms with Crippen LogP contribution in [0.2, 0.25) is 0 Å². The van der Waals surface area contributed by atoms with Crippen molar-refractivity contribution in [3.05, 3.63) is 11.5 Å². The van der Waals surface area contributed by atoms with Crippen molar-refractivity contribution in [2.24, 2.45) is 0 Å². The number of nitrogens with zero attached hydrogens (tertiary/aromatic N) is 2. The lowest BCUT2D eigenvalue weighted by atomic mass is 10.2. The van der Waals surface area contributed by atoms with Gasteiger partial charge in [-0.15, -0.1) is 0 Å². The third-order valence-corrected chi connectivity index (χ3v) is 2.38. The van der Waals surface area contributed by atoms with Crippen molar-refractivity contribution in [2.75, 3.05) is 0 Å². The van der Waals surface area contributed by atoms with E-state index in [4.69, 9.17) is 4.74 Å². The van der Waals surface area contributed by atoms with E-state index in [1.165, 1.54) is 18.4 Å². The number of aryl methyl sites for hydroxylation is 2. The van der Waals surface area contributed by atoms with E-state index in [0.29, 0.717) is 17.9 Å². The van der Waals surface area contributed by atoms with E-state index < -0.39 is 5.97 Å². The van der Waals surface area contributed by atoms with Crippen molar-refractivity contribution in [2.45, 2.75) is 47.0 Å². The first kappa shape index (κ1) is 13.4. The summed E-state index contributed by atoms with van der Waals surface area (Å²) < 4.78 is 6.42. The summed E-state index contributed by atoms with van der Waals surface area (Å²) in [5.41, 5.74) is 0.571. The Hall–Kier alpha value is -1.65. The molecule has 0 saturated carbocycles. The summed E-state index contributed by atoms with van der Waals surface area (Å²) in [6, 6.07) is 0. The second-order valence-corrected chi connectivity index (χ2v) is 3.97. The van der Waals surface area contributed by atoms with Gasteiger partial charge in [0.05, 0.1) is 0 Å². The molecule has 1 aromatic heterocycles. The van der Waals surface area contributed by atoms with Gasteiger partial charge in [-0.05, 0) is 13.3 Å². The number of rotatable bonds is 4. The normalized spacial score (nSPS) is 10.4. The predicted octanol–water partition coefficient (Wildman–Crippen LogP) is 2.12. The Morgan fingerprint density at radius 3 is 2.47 bits per heavy atom. The number of hydrogen-bond acceptors (Lipinski definition) is 4. The standard InChI is InChI=1S/C12H18N2O3/c1-5-6-7-11-13-8(2)12(17-10(4)16)14(11)9(3)15/h5-7H2,1-4H3. The molecule has 0 aliphatic carbocycles. The molecular formula is C12H18N2O3. The molecular weight excluding hydrogens is 220 g/mol. The van der Waals surface area contributed by atoms with Crippen molar-refractivity contribution in [3.63, 3.8) is 0 Å². The molecule has 1 heterocycles. The highest BCUT2D eigenvalue weighted by Gasteiger charge is 2.19. The van der Waals surface area contributed by atoms with Gasteiger partial charge < -0.3 is 4.74 Å². The van der Waals surface area contributed by atoms with Gasteiger partial charge in [0.25, 0.3) is 0 Å². The van der Waals surface area contributed by atoms with Gasteiger partial charge in [0.15, 0.2) is 0 Å². The zero-order valence-corrected chi connectivity index (χ0v) is 10.7. The molecule has 0 amide bonds. The summed E-state index contributed by atoms with van der Waals surface area (Å²) in [5.74, 6) is 0.273. The molecule has 0 radical (unpaired) electrons. The van der Waals surface area contributed by atoms with Crippen molar-refractivity contribution >= 4 is 11.9 Å². The van der Waals surface area contributed by atoms with Crippen LogP contribution in [-0.4, -0.2) is 21.4 Å². The number of esters is 1. The lowest BCUT2D eigenvalue weighted by Crippen LogP contribution is -2.15. The van der Waals surface area contributed by atoms with Gasteiger partial charge in [-0.3, -0.25) is 9.59 Å². The first-order valence-electron chi connectivity index (χ1n) is 5.75. The van der Waals surface area contributed by atoms with Crippen LogP contribution >= 0.6 is 0 Å². The van der Waals surface area contributed by atoms with Crippen LogP contribution < -0.4 is 4.74 Å². The Morgan fingerprint density at radius 1 is 1.35 bits per heavy atom. The number of carbonyl (C=O) groups is 2. The molecule has 17 heavy (non-hydrogen) atoms. The highest BCUT2D eigenvalue weighted by Crippen LogP contribution is 2.21. The zero-order chi connectivity index (χ0) is 13.0. The fourth-order valence-electron chi connectivity index (χ4n) is 1.65. The molecule has 0 saturated heterocycles. The third-order valence-electron chi connectivity index (χ3n) is 2.38. The monoisotopic (exact) mass is 238 g/mol. The minimum atomic E-state index is -0.447. The minimum absolute atomic E-state index is 0.187. The van der Waals surface area contributed by atoms with Crippen LogP contribution in [0.4, 0.5) is 0 Å². The molecule has 0 unspecified atom stereocenters. The van der Waals surface area contributed by atoms with E-state index >= 15 is 0 Å². The highest BCUT2D eigenvalue weighted by molar-refractivity contribution is 5.80. The first-order valence-corrected chi connectivity index (χ1v) is 5.75. The maximum atomic E-state index is 11.6. The average molecular weight is 238 g/mol. The molecule has 0 spiro atoms. The maximum absolute atomic E-state index is 11.6. The predicted molar refractivity (Wildman–Crippen MR) is 63.2 cm³/mol. The van der Waals surface area contributed by atoms with Crippen molar-refractivity contribution in [3.8, 4) is 5.88 Å². The van der Waals surface area contributed by atoms with E-state index in [1.54, 1.807) is 6.92 Å². The number of aromatic nitrogens is 2. The van der Waals surface area contributed by atoms with Gasteiger partial charge in [0, 0.05) is 20.3 Å². The van der Waals surface area contributed by atoms with E-state index in [1.807, 2.05) is 0 Å². The van der Waals surface area contributed by atoms with Gasteiger partial charge in [-0.25, -0.2) is 9.55 Å². The second-order valence-electron chi connectivity index (χ2n) is 3.97. The molecule has 0 bridgehead atoms. The summed E-state index contributed by atoms with van der Waals surface area (Å²) in [5, 5.41) is 0. The number of imidazole rings is 1. The molecule has 5 nitrogen and oxygen atoms in total. The Balaban J connectivity index is 3.14. The SMILES string of the molecule is CCCCc1nc(C)c(OC(C)=O)n1C(C)=O. The van der Waals surface area contributed by atoms with E-state index in [-0.39, 0.29) is 11.8 Å². The van der Waals surface area contributed by atoms with Crippen molar-refractivity contribution < 1.29 is 14.3 Å².